The van der Waals surface area contributed by atoms with Gasteiger partial charge in [-0.05, 0) is 36.2 Å². The van der Waals surface area contributed by atoms with E-state index in [2.05, 4.69) is 5.32 Å². The van der Waals surface area contributed by atoms with Gasteiger partial charge in [0.15, 0.2) is 5.82 Å². The van der Waals surface area contributed by atoms with Gasteiger partial charge in [0, 0.05) is 17.7 Å². The zero-order chi connectivity index (χ0) is 14.8. The largest absolute Gasteiger partial charge is 0.489 e. The Labute approximate surface area is 121 Å². The normalized spacial score (nSPS) is 13.5. The van der Waals surface area contributed by atoms with Gasteiger partial charge in [-0.25, -0.2) is 4.39 Å². The molecule has 0 saturated heterocycles. The SMILES string of the molecule is Nc1cccc(COc2ccc3c(c2)CCC(=O)N3)c1F. The zero-order valence-corrected chi connectivity index (χ0v) is 11.4. The van der Waals surface area contributed by atoms with Crippen LogP contribution in [0.15, 0.2) is 36.4 Å². The maximum Gasteiger partial charge on any atom is 0.224 e. The standard InChI is InChI=1S/C16H15FN2O2/c17-16-11(2-1-3-13(16)18)9-21-12-5-6-14-10(8-12)4-7-15(20)19-14/h1-3,5-6,8H,4,7,9,18H2,(H,19,20). The number of ether oxygens (including phenoxy) is 1. The van der Waals surface area contributed by atoms with E-state index in [0.29, 0.717) is 24.2 Å². The number of aryl methyl sites for hydroxylation is 1. The second-order valence-electron chi connectivity index (χ2n) is 4.98. The van der Waals surface area contributed by atoms with Gasteiger partial charge in [0.25, 0.3) is 0 Å². The molecule has 0 aliphatic carbocycles. The maximum atomic E-state index is 13.8. The van der Waals surface area contributed by atoms with E-state index in [0.717, 1.165) is 11.3 Å². The number of amides is 1. The summed E-state index contributed by atoms with van der Waals surface area (Å²) in [5.41, 5.74) is 7.90. The number of hydrogen-bond donors (Lipinski definition) is 2. The second-order valence-corrected chi connectivity index (χ2v) is 4.98. The molecule has 1 amide bonds. The van der Waals surface area contributed by atoms with Crippen molar-refractivity contribution in [2.24, 2.45) is 0 Å². The first-order valence-electron chi connectivity index (χ1n) is 6.72. The van der Waals surface area contributed by atoms with Crippen LogP contribution in [0.25, 0.3) is 0 Å². The van der Waals surface area contributed by atoms with Crippen molar-refractivity contribution in [1.82, 2.24) is 0 Å². The molecule has 1 heterocycles. The third-order valence-corrected chi connectivity index (χ3v) is 3.48. The smallest absolute Gasteiger partial charge is 0.224 e. The summed E-state index contributed by atoms with van der Waals surface area (Å²) < 4.78 is 19.4. The summed E-state index contributed by atoms with van der Waals surface area (Å²) in [6.45, 7) is 0.113. The maximum absolute atomic E-state index is 13.8. The highest BCUT2D eigenvalue weighted by atomic mass is 19.1. The molecule has 1 aliphatic heterocycles. The quantitative estimate of drug-likeness (QED) is 0.853. The number of carbonyl (C=O) groups excluding carboxylic acids is 1. The fraction of sp³-hybridized carbons (Fsp3) is 0.188. The molecule has 0 saturated carbocycles. The molecular weight excluding hydrogens is 271 g/mol. The average Bonchev–Trinajstić information content (AvgIpc) is 2.49. The zero-order valence-electron chi connectivity index (χ0n) is 11.4. The Kier molecular flexibility index (Phi) is 3.48. The number of nitrogen functional groups attached to an aromatic ring is 1. The number of nitrogens with two attached hydrogens (primary N) is 1. The van der Waals surface area contributed by atoms with Crippen LogP contribution in [0.2, 0.25) is 0 Å². The van der Waals surface area contributed by atoms with E-state index >= 15 is 0 Å². The summed E-state index contributed by atoms with van der Waals surface area (Å²) in [5, 5.41) is 2.81. The van der Waals surface area contributed by atoms with Crippen LogP contribution in [-0.2, 0) is 17.8 Å². The van der Waals surface area contributed by atoms with Gasteiger partial charge in [-0.15, -0.1) is 0 Å². The first-order valence-corrected chi connectivity index (χ1v) is 6.72. The van der Waals surface area contributed by atoms with E-state index in [4.69, 9.17) is 10.5 Å². The Bertz CT molecular complexity index is 701. The number of benzene rings is 2. The molecule has 21 heavy (non-hydrogen) atoms. The van der Waals surface area contributed by atoms with Crippen LogP contribution < -0.4 is 15.8 Å². The molecule has 108 valence electrons. The third kappa shape index (κ3) is 2.81. The van der Waals surface area contributed by atoms with E-state index in [-0.39, 0.29) is 18.2 Å². The molecule has 0 radical (unpaired) electrons. The van der Waals surface area contributed by atoms with Gasteiger partial charge in [-0.3, -0.25) is 4.79 Å². The predicted octanol–water partition coefficient (Wildman–Crippen LogP) is 2.87. The highest BCUT2D eigenvalue weighted by Crippen LogP contribution is 2.27. The minimum Gasteiger partial charge on any atom is -0.489 e. The number of nitrogens with one attached hydrogen (secondary N) is 1. The summed E-state index contributed by atoms with van der Waals surface area (Å²) in [7, 11) is 0. The number of halogens is 1. The Morgan fingerprint density at radius 2 is 2.10 bits per heavy atom. The summed E-state index contributed by atoms with van der Waals surface area (Å²) >= 11 is 0. The minimum absolute atomic E-state index is 0.0259. The Morgan fingerprint density at radius 3 is 2.95 bits per heavy atom. The van der Waals surface area contributed by atoms with Gasteiger partial charge in [0.1, 0.15) is 12.4 Å². The number of anilines is 2. The lowest BCUT2D eigenvalue weighted by molar-refractivity contribution is -0.116. The van der Waals surface area contributed by atoms with Gasteiger partial charge in [0.05, 0.1) is 5.69 Å². The van der Waals surface area contributed by atoms with Gasteiger partial charge in [-0.1, -0.05) is 12.1 Å². The van der Waals surface area contributed by atoms with Crippen molar-refractivity contribution in [2.75, 3.05) is 11.1 Å². The second kappa shape index (κ2) is 5.44. The molecule has 3 N–H and O–H groups in total. The van der Waals surface area contributed by atoms with E-state index in [9.17, 15) is 9.18 Å². The molecular formula is C16H15FN2O2. The van der Waals surface area contributed by atoms with Crippen LogP contribution in [0.5, 0.6) is 5.75 Å². The molecule has 1 aliphatic rings. The van der Waals surface area contributed by atoms with Crippen LogP contribution in [0.4, 0.5) is 15.8 Å². The fourth-order valence-corrected chi connectivity index (χ4v) is 2.32. The van der Waals surface area contributed by atoms with Crippen molar-refractivity contribution in [2.45, 2.75) is 19.4 Å². The molecule has 5 heteroatoms. The topological polar surface area (TPSA) is 64.3 Å². The summed E-state index contributed by atoms with van der Waals surface area (Å²) in [5.74, 6) is 0.229. The molecule has 0 spiro atoms. The molecule has 0 aromatic heterocycles. The van der Waals surface area contributed by atoms with Crippen LogP contribution in [0.3, 0.4) is 0 Å². The van der Waals surface area contributed by atoms with Gasteiger partial charge in [0.2, 0.25) is 5.91 Å². The van der Waals surface area contributed by atoms with Crippen molar-refractivity contribution >= 4 is 17.3 Å². The fourth-order valence-electron chi connectivity index (χ4n) is 2.32. The van der Waals surface area contributed by atoms with Crippen LogP contribution in [0.1, 0.15) is 17.5 Å². The van der Waals surface area contributed by atoms with E-state index in [1.807, 2.05) is 6.07 Å². The lowest BCUT2D eigenvalue weighted by atomic mass is 10.0. The van der Waals surface area contributed by atoms with E-state index in [1.54, 1.807) is 24.3 Å². The number of rotatable bonds is 3. The summed E-state index contributed by atoms with van der Waals surface area (Å²) in [6.07, 6.45) is 1.16. The highest BCUT2D eigenvalue weighted by molar-refractivity contribution is 5.93. The minimum atomic E-state index is -0.442. The lowest BCUT2D eigenvalue weighted by Gasteiger charge is -2.17. The highest BCUT2D eigenvalue weighted by Gasteiger charge is 2.15. The molecule has 2 aromatic rings. The van der Waals surface area contributed by atoms with Crippen LogP contribution >= 0.6 is 0 Å². The Morgan fingerprint density at radius 1 is 1.24 bits per heavy atom. The van der Waals surface area contributed by atoms with Crippen molar-refractivity contribution in [3.8, 4) is 5.75 Å². The summed E-state index contributed by atoms with van der Waals surface area (Å²) in [6, 6.07) is 10.3. The molecule has 3 rings (SSSR count). The number of carbonyl (C=O) groups is 1. The lowest BCUT2D eigenvalue weighted by Crippen LogP contribution is -2.18. The molecule has 0 atom stereocenters. The summed E-state index contributed by atoms with van der Waals surface area (Å²) in [4.78, 5) is 11.3. The van der Waals surface area contributed by atoms with Crippen LogP contribution in [-0.4, -0.2) is 5.91 Å². The monoisotopic (exact) mass is 286 g/mol. The van der Waals surface area contributed by atoms with Crippen molar-refractivity contribution in [1.29, 1.82) is 0 Å². The van der Waals surface area contributed by atoms with Crippen LogP contribution in [0, 0.1) is 5.82 Å². The molecule has 2 aromatic carbocycles. The first kappa shape index (κ1) is 13.4. The van der Waals surface area contributed by atoms with E-state index < -0.39 is 5.82 Å². The number of fused-ring (bicyclic) bond motifs is 1. The molecule has 4 nitrogen and oxygen atoms in total. The van der Waals surface area contributed by atoms with E-state index in [1.165, 1.54) is 6.07 Å². The predicted molar refractivity (Wildman–Crippen MR) is 78.5 cm³/mol. The average molecular weight is 286 g/mol. The van der Waals surface area contributed by atoms with Crippen molar-refractivity contribution < 1.29 is 13.9 Å². The Balaban J connectivity index is 1.74. The van der Waals surface area contributed by atoms with Gasteiger partial charge >= 0.3 is 0 Å². The molecule has 0 fully saturated rings. The van der Waals surface area contributed by atoms with Crippen molar-refractivity contribution in [3.05, 3.63) is 53.3 Å². The first-order chi connectivity index (χ1) is 10.1. The Hall–Kier alpha value is -2.56. The van der Waals surface area contributed by atoms with Crippen molar-refractivity contribution in [3.63, 3.8) is 0 Å². The number of hydrogen-bond acceptors (Lipinski definition) is 3. The molecule has 0 unspecified atom stereocenters. The molecule has 0 bridgehead atoms. The third-order valence-electron chi connectivity index (χ3n) is 3.48. The van der Waals surface area contributed by atoms with Gasteiger partial charge < -0.3 is 15.8 Å². The van der Waals surface area contributed by atoms with Gasteiger partial charge in [-0.2, -0.15) is 0 Å².